The van der Waals surface area contributed by atoms with Gasteiger partial charge in [0.1, 0.15) is 7.22 Å². The fourth-order valence-corrected chi connectivity index (χ4v) is 4.73. The van der Waals surface area contributed by atoms with Gasteiger partial charge in [0.15, 0.2) is 0 Å². The zero-order chi connectivity index (χ0) is 11.7. The fourth-order valence-electron chi connectivity index (χ4n) is 1.12. The van der Waals surface area contributed by atoms with Gasteiger partial charge >= 0.3 is 6.18 Å². The standard InChI is InChI=1S/C10H13F3SSi/c1-15(2,3)14-9-7-5-4-6-8(9)10(11,12)13/h4-7H,1-3H3. The lowest BCUT2D eigenvalue weighted by molar-refractivity contribution is -0.139. The van der Waals surface area contributed by atoms with Crippen molar-refractivity contribution in [3.8, 4) is 0 Å². The van der Waals surface area contributed by atoms with E-state index in [1.54, 1.807) is 12.1 Å². The smallest absolute Gasteiger partial charge is 0.166 e. The van der Waals surface area contributed by atoms with Crippen LogP contribution in [0, 0.1) is 0 Å². The molecule has 0 nitrogen and oxygen atoms in total. The Labute approximate surface area is 92.5 Å². The second-order valence-corrected chi connectivity index (χ2v) is 13.4. The number of alkyl halides is 3. The number of hydrogen-bond acceptors (Lipinski definition) is 1. The van der Waals surface area contributed by atoms with Gasteiger partial charge in [-0.3, -0.25) is 0 Å². The van der Waals surface area contributed by atoms with Gasteiger partial charge in [0, 0.05) is 4.90 Å². The average Bonchev–Trinajstić information content (AvgIpc) is 1.99. The van der Waals surface area contributed by atoms with Crippen molar-refractivity contribution in [1.29, 1.82) is 0 Å². The van der Waals surface area contributed by atoms with Crippen LogP contribution in [0.1, 0.15) is 5.56 Å². The molecule has 1 aromatic rings. The highest BCUT2D eigenvalue weighted by Crippen LogP contribution is 2.39. The topological polar surface area (TPSA) is 0 Å². The Morgan fingerprint density at radius 3 is 2.07 bits per heavy atom. The minimum atomic E-state index is -4.25. The van der Waals surface area contributed by atoms with Crippen molar-refractivity contribution in [2.75, 3.05) is 0 Å². The van der Waals surface area contributed by atoms with Crippen LogP contribution in [0.5, 0.6) is 0 Å². The minimum Gasteiger partial charge on any atom is -0.166 e. The highest BCUT2D eigenvalue weighted by atomic mass is 32.4. The van der Waals surface area contributed by atoms with Gasteiger partial charge in [-0.15, -0.1) is 0 Å². The first-order valence-corrected chi connectivity index (χ1v) is 9.59. The molecule has 0 aliphatic heterocycles. The van der Waals surface area contributed by atoms with Crippen molar-refractivity contribution in [1.82, 2.24) is 0 Å². The average molecular weight is 250 g/mol. The zero-order valence-corrected chi connectivity index (χ0v) is 10.7. The summed E-state index contributed by atoms with van der Waals surface area (Å²) in [7, 11) is -1.59. The first kappa shape index (κ1) is 12.6. The molecule has 0 bridgehead atoms. The molecule has 0 unspecified atom stereocenters. The van der Waals surface area contributed by atoms with Gasteiger partial charge in [0.25, 0.3) is 0 Å². The SMILES string of the molecule is C[Si](C)(C)Sc1ccccc1C(F)(F)F. The van der Waals surface area contributed by atoms with Crippen LogP contribution < -0.4 is 0 Å². The largest absolute Gasteiger partial charge is 0.417 e. The Morgan fingerprint density at radius 1 is 1.07 bits per heavy atom. The van der Waals surface area contributed by atoms with Gasteiger partial charge in [0.2, 0.25) is 0 Å². The van der Waals surface area contributed by atoms with E-state index in [-0.39, 0.29) is 0 Å². The van der Waals surface area contributed by atoms with Gasteiger partial charge in [-0.05, 0) is 12.1 Å². The molecule has 0 atom stereocenters. The van der Waals surface area contributed by atoms with E-state index in [1.807, 2.05) is 19.6 Å². The van der Waals surface area contributed by atoms with E-state index in [2.05, 4.69) is 0 Å². The molecule has 0 aliphatic rings. The molecule has 0 saturated carbocycles. The second-order valence-electron chi connectivity index (χ2n) is 4.21. The summed E-state index contributed by atoms with van der Waals surface area (Å²) in [6, 6.07) is 5.77. The van der Waals surface area contributed by atoms with Crippen LogP contribution in [0.3, 0.4) is 0 Å². The van der Waals surface area contributed by atoms with E-state index in [0.717, 1.165) is 6.07 Å². The third-order valence-electron chi connectivity index (χ3n) is 1.61. The molecule has 0 saturated heterocycles. The predicted molar refractivity (Wildman–Crippen MR) is 60.6 cm³/mol. The van der Waals surface area contributed by atoms with Crippen molar-refractivity contribution < 1.29 is 13.2 Å². The monoisotopic (exact) mass is 250 g/mol. The highest BCUT2D eigenvalue weighted by Gasteiger charge is 2.34. The molecular formula is C10H13F3SSi. The van der Waals surface area contributed by atoms with E-state index in [9.17, 15) is 13.2 Å². The maximum atomic E-state index is 12.6. The lowest BCUT2D eigenvalue weighted by Crippen LogP contribution is -2.16. The van der Waals surface area contributed by atoms with Gasteiger partial charge in [-0.2, -0.15) is 24.4 Å². The number of rotatable bonds is 2. The third-order valence-corrected chi connectivity index (χ3v) is 5.29. The molecule has 1 rings (SSSR count). The van der Waals surface area contributed by atoms with Crippen LogP contribution in [0.15, 0.2) is 29.2 Å². The van der Waals surface area contributed by atoms with Crippen LogP contribution in [-0.4, -0.2) is 7.22 Å². The molecule has 5 heteroatoms. The summed E-state index contributed by atoms with van der Waals surface area (Å²) in [5, 5.41) is 0. The van der Waals surface area contributed by atoms with Crippen molar-refractivity contribution in [2.45, 2.75) is 30.7 Å². The van der Waals surface area contributed by atoms with E-state index in [1.165, 1.54) is 17.3 Å². The van der Waals surface area contributed by atoms with Crippen molar-refractivity contribution in [3.05, 3.63) is 29.8 Å². The summed E-state index contributed by atoms with van der Waals surface area (Å²) >= 11 is 1.37. The van der Waals surface area contributed by atoms with Crippen molar-refractivity contribution >= 4 is 18.4 Å². The Balaban J connectivity index is 3.08. The van der Waals surface area contributed by atoms with Gasteiger partial charge in [-0.25, -0.2) is 0 Å². The first-order chi connectivity index (χ1) is 6.70. The summed E-state index contributed by atoms with van der Waals surface area (Å²) in [5.41, 5.74) is -0.516. The van der Waals surface area contributed by atoms with Crippen LogP contribution in [0.4, 0.5) is 13.2 Å². The maximum absolute atomic E-state index is 12.6. The molecule has 0 heterocycles. The van der Waals surface area contributed by atoms with Gasteiger partial charge in [-0.1, -0.05) is 31.8 Å². The van der Waals surface area contributed by atoms with Gasteiger partial charge in [0.05, 0.1) is 5.56 Å². The molecule has 0 N–H and O–H groups in total. The zero-order valence-electron chi connectivity index (χ0n) is 8.85. The Kier molecular flexibility index (Phi) is 3.55. The molecule has 0 amide bonds. The van der Waals surface area contributed by atoms with Crippen molar-refractivity contribution in [3.63, 3.8) is 0 Å². The van der Waals surface area contributed by atoms with Crippen LogP contribution in [0.2, 0.25) is 19.6 Å². The normalized spacial score (nSPS) is 12.9. The maximum Gasteiger partial charge on any atom is 0.417 e. The molecule has 0 radical (unpaired) electrons. The van der Waals surface area contributed by atoms with E-state index < -0.39 is 19.0 Å². The summed E-state index contributed by atoms with van der Waals surface area (Å²) in [5.74, 6) is 0. The van der Waals surface area contributed by atoms with E-state index in [0.29, 0.717) is 4.90 Å². The summed E-state index contributed by atoms with van der Waals surface area (Å²) < 4.78 is 37.9. The number of halogens is 3. The minimum absolute atomic E-state index is 0.351. The summed E-state index contributed by atoms with van der Waals surface area (Å²) in [6.07, 6.45) is -4.25. The molecule has 0 aromatic heterocycles. The molecule has 0 spiro atoms. The third kappa shape index (κ3) is 3.91. The molecule has 84 valence electrons. The van der Waals surface area contributed by atoms with E-state index in [4.69, 9.17) is 0 Å². The van der Waals surface area contributed by atoms with Crippen molar-refractivity contribution in [2.24, 2.45) is 0 Å². The van der Waals surface area contributed by atoms with Crippen LogP contribution in [0.25, 0.3) is 0 Å². The number of hydrogen-bond donors (Lipinski definition) is 0. The summed E-state index contributed by atoms with van der Waals surface area (Å²) in [4.78, 5) is 0.351. The fraction of sp³-hybridized carbons (Fsp3) is 0.400. The van der Waals surface area contributed by atoms with Gasteiger partial charge < -0.3 is 0 Å². The Morgan fingerprint density at radius 2 is 1.60 bits per heavy atom. The first-order valence-electron chi connectivity index (χ1n) is 4.55. The molecule has 0 fully saturated rings. The van der Waals surface area contributed by atoms with E-state index >= 15 is 0 Å². The number of benzene rings is 1. The molecule has 0 aliphatic carbocycles. The molecule has 1 aromatic carbocycles. The lowest BCUT2D eigenvalue weighted by Gasteiger charge is -2.19. The van der Waals surface area contributed by atoms with Crippen LogP contribution >= 0.6 is 11.2 Å². The predicted octanol–water partition coefficient (Wildman–Crippen LogP) is 4.63. The Bertz CT molecular complexity index is 341. The second kappa shape index (κ2) is 4.21. The quantitative estimate of drug-likeness (QED) is 0.689. The molecule has 15 heavy (non-hydrogen) atoms. The lowest BCUT2D eigenvalue weighted by atomic mass is 10.2. The highest BCUT2D eigenvalue weighted by molar-refractivity contribution is 8.28. The Hall–Kier alpha value is -0.423. The van der Waals surface area contributed by atoms with Crippen LogP contribution in [-0.2, 0) is 6.18 Å². The molecular weight excluding hydrogens is 237 g/mol. The summed E-state index contributed by atoms with van der Waals surface area (Å²) in [6.45, 7) is 6.10.